The number of esters is 3. The molecule has 44 heavy (non-hydrogen) atoms. The van der Waals surface area contributed by atoms with E-state index >= 15 is 0 Å². The summed E-state index contributed by atoms with van der Waals surface area (Å²) in [4.78, 5) is 52.1. The second-order valence-electron chi connectivity index (χ2n) is 14.7. The number of rotatable bonds is 21. The van der Waals surface area contributed by atoms with E-state index in [0.29, 0.717) is 25.9 Å². The van der Waals surface area contributed by atoms with E-state index in [9.17, 15) is 19.2 Å². The monoisotopic (exact) mass is 623 g/mol. The highest BCUT2D eigenvalue weighted by atomic mass is 16.6. The van der Waals surface area contributed by atoms with E-state index in [4.69, 9.17) is 9.47 Å². The van der Waals surface area contributed by atoms with Crippen molar-refractivity contribution in [2.24, 2.45) is 5.41 Å². The molecule has 0 atom stereocenters. The second-order valence-corrected chi connectivity index (χ2v) is 14.7. The Balaban J connectivity index is 2.14. The molecule has 1 saturated heterocycles. The number of methoxy groups -OCH3 is 1. The highest BCUT2D eigenvalue weighted by Crippen LogP contribution is 2.37. The molecule has 256 valence electrons. The topological polar surface area (TPSA) is 99.2 Å². The van der Waals surface area contributed by atoms with Crippen molar-refractivity contribution < 1.29 is 33.4 Å². The number of carbonyl (C=O) groups is 4. The van der Waals surface area contributed by atoms with Gasteiger partial charge in [-0.15, -0.1) is 0 Å². The van der Waals surface area contributed by atoms with Crippen LogP contribution in [0.2, 0.25) is 0 Å². The van der Waals surface area contributed by atoms with Crippen molar-refractivity contribution in [3.8, 4) is 0 Å². The zero-order valence-electron chi connectivity index (χ0n) is 29.4. The summed E-state index contributed by atoms with van der Waals surface area (Å²) >= 11 is 0. The fourth-order valence-corrected chi connectivity index (χ4v) is 5.66. The number of hydrogen-bond donors (Lipinski definition) is 0. The summed E-state index contributed by atoms with van der Waals surface area (Å²) in [6, 6.07) is 0. The quantitative estimate of drug-likeness (QED) is 0.0547. The van der Waals surface area contributed by atoms with E-state index in [-0.39, 0.29) is 24.7 Å². The molecule has 0 radical (unpaired) electrons. The van der Waals surface area contributed by atoms with Crippen molar-refractivity contribution in [3.63, 3.8) is 0 Å². The summed E-state index contributed by atoms with van der Waals surface area (Å²) in [5, 5.41) is 0. The molecule has 0 unspecified atom stereocenters. The average molecular weight is 624 g/mol. The van der Waals surface area contributed by atoms with Gasteiger partial charge in [0.05, 0.1) is 7.11 Å². The molecule has 0 saturated carbocycles. The van der Waals surface area contributed by atoms with Gasteiger partial charge in [0, 0.05) is 25.9 Å². The first kappa shape index (κ1) is 39.9. The highest BCUT2D eigenvalue weighted by Gasteiger charge is 2.53. The Labute approximate surface area is 268 Å². The predicted molar refractivity (Wildman–Crippen MR) is 175 cm³/mol. The number of ether oxygens (including phenoxy) is 3. The molecule has 0 bridgehead atoms. The lowest BCUT2D eigenvalue weighted by Crippen LogP contribution is -2.53. The highest BCUT2D eigenvalue weighted by molar-refractivity contribution is 6.00. The first-order chi connectivity index (χ1) is 20.7. The lowest BCUT2D eigenvalue weighted by atomic mass is 9.77. The smallest absolute Gasteiger partial charge is 0.324 e. The van der Waals surface area contributed by atoms with Gasteiger partial charge in [-0.05, 0) is 67.2 Å². The van der Waals surface area contributed by atoms with Gasteiger partial charge in [-0.2, -0.15) is 0 Å². The summed E-state index contributed by atoms with van der Waals surface area (Å²) in [7, 11) is 1.45. The molecule has 0 N–H and O–H groups in total. The van der Waals surface area contributed by atoms with Gasteiger partial charge in [0.1, 0.15) is 11.2 Å². The molecule has 0 aromatic carbocycles. The maximum absolute atomic E-state index is 13.2. The molecule has 8 nitrogen and oxygen atoms in total. The third kappa shape index (κ3) is 17.4. The lowest BCUT2D eigenvalue weighted by Gasteiger charge is -2.40. The van der Waals surface area contributed by atoms with Crippen LogP contribution in [0.4, 0.5) is 0 Å². The molecule has 1 heterocycles. The van der Waals surface area contributed by atoms with Gasteiger partial charge >= 0.3 is 17.9 Å². The Morgan fingerprint density at radius 3 is 1.18 bits per heavy atom. The van der Waals surface area contributed by atoms with E-state index in [1.165, 1.54) is 77.7 Å². The molecular weight excluding hydrogens is 558 g/mol. The number of likely N-dealkylation sites (tertiary alicyclic amines) is 1. The first-order valence-corrected chi connectivity index (χ1v) is 17.5. The lowest BCUT2D eigenvalue weighted by molar-refractivity contribution is -0.190. The van der Waals surface area contributed by atoms with Crippen molar-refractivity contribution >= 4 is 23.8 Å². The SMILES string of the molecule is COC(=O)CCCCCCCCCCCCCCCCCCC(=O)N1CCC(C(=O)OC(C)(C)C)(C(=O)OC(C)(C)C)CC1. The summed E-state index contributed by atoms with van der Waals surface area (Å²) in [5.74, 6) is -1.10. The molecule has 0 spiro atoms. The molecule has 0 aliphatic carbocycles. The fourth-order valence-electron chi connectivity index (χ4n) is 5.66. The van der Waals surface area contributed by atoms with Gasteiger partial charge in [0.25, 0.3) is 0 Å². The van der Waals surface area contributed by atoms with Crippen molar-refractivity contribution in [3.05, 3.63) is 0 Å². The van der Waals surface area contributed by atoms with Crippen LogP contribution < -0.4 is 0 Å². The minimum Gasteiger partial charge on any atom is -0.469 e. The van der Waals surface area contributed by atoms with Crippen LogP contribution in [-0.4, -0.2) is 60.1 Å². The number of nitrogens with zero attached hydrogens (tertiary/aromatic N) is 1. The third-order valence-electron chi connectivity index (χ3n) is 8.30. The van der Waals surface area contributed by atoms with Crippen LogP contribution in [0.3, 0.4) is 0 Å². The normalized spacial score (nSPS) is 15.1. The van der Waals surface area contributed by atoms with Crippen LogP contribution in [0.5, 0.6) is 0 Å². The van der Waals surface area contributed by atoms with Crippen molar-refractivity contribution in [2.75, 3.05) is 20.2 Å². The maximum atomic E-state index is 13.2. The van der Waals surface area contributed by atoms with Gasteiger partial charge in [-0.25, -0.2) is 0 Å². The molecule has 0 aromatic rings. The summed E-state index contributed by atoms with van der Waals surface area (Å²) in [6.45, 7) is 11.5. The number of amides is 1. The van der Waals surface area contributed by atoms with Crippen molar-refractivity contribution in [1.29, 1.82) is 0 Å². The van der Waals surface area contributed by atoms with E-state index in [1.807, 2.05) is 0 Å². The number of carbonyl (C=O) groups excluding carboxylic acids is 4. The molecule has 1 amide bonds. The van der Waals surface area contributed by atoms with Gasteiger partial charge in [0.2, 0.25) is 5.91 Å². The molecular formula is C36H65NO7. The second kappa shape index (κ2) is 20.8. The Bertz CT molecular complexity index is 818. The van der Waals surface area contributed by atoms with Gasteiger partial charge in [-0.1, -0.05) is 89.9 Å². The van der Waals surface area contributed by atoms with E-state index in [2.05, 4.69) is 4.74 Å². The molecule has 1 rings (SSSR count). The predicted octanol–water partition coefficient (Wildman–Crippen LogP) is 8.47. The zero-order chi connectivity index (χ0) is 33.1. The van der Waals surface area contributed by atoms with Crippen LogP contribution in [-0.2, 0) is 33.4 Å². The minimum absolute atomic E-state index is 0.0965. The van der Waals surface area contributed by atoms with E-state index < -0.39 is 28.6 Å². The van der Waals surface area contributed by atoms with Crippen molar-refractivity contribution in [1.82, 2.24) is 4.90 Å². The van der Waals surface area contributed by atoms with Crippen LogP contribution in [0.25, 0.3) is 0 Å². The Hall–Kier alpha value is -2.12. The van der Waals surface area contributed by atoms with Crippen molar-refractivity contribution in [2.45, 2.75) is 181 Å². The molecule has 1 aliphatic heterocycles. The summed E-state index contributed by atoms with van der Waals surface area (Å²) in [5.41, 5.74) is -2.80. The molecule has 0 aromatic heterocycles. The minimum atomic E-state index is -1.37. The van der Waals surface area contributed by atoms with E-state index in [1.54, 1.807) is 46.4 Å². The Morgan fingerprint density at radius 1 is 0.545 bits per heavy atom. The van der Waals surface area contributed by atoms with Gasteiger partial charge < -0.3 is 19.1 Å². The number of piperidine rings is 1. The summed E-state index contributed by atoms with van der Waals surface area (Å²) in [6.07, 6.45) is 20.9. The molecule has 1 aliphatic rings. The van der Waals surface area contributed by atoms with Crippen LogP contribution in [0, 0.1) is 5.41 Å². The van der Waals surface area contributed by atoms with Gasteiger partial charge in [0.15, 0.2) is 5.41 Å². The maximum Gasteiger partial charge on any atom is 0.324 e. The zero-order valence-corrected chi connectivity index (χ0v) is 29.4. The fraction of sp³-hybridized carbons (Fsp3) is 0.889. The van der Waals surface area contributed by atoms with Crippen LogP contribution in [0.1, 0.15) is 170 Å². The van der Waals surface area contributed by atoms with Crippen LogP contribution in [0.15, 0.2) is 0 Å². The van der Waals surface area contributed by atoms with Crippen LogP contribution >= 0.6 is 0 Å². The Kier molecular flexibility index (Phi) is 18.9. The summed E-state index contributed by atoms with van der Waals surface area (Å²) < 4.78 is 15.9. The number of unbranched alkanes of at least 4 members (excludes halogenated alkanes) is 15. The number of hydrogen-bond acceptors (Lipinski definition) is 7. The Morgan fingerprint density at radius 2 is 0.864 bits per heavy atom. The molecule has 1 fully saturated rings. The first-order valence-electron chi connectivity index (χ1n) is 17.5. The third-order valence-corrected chi connectivity index (χ3v) is 8.30. The van der Waals surface area contributed by atoms with Gasteiger partial charge in [-0.3, -0.25) is 19.2 Å². The largest absolute Gasteiger partial charge is 0.469 e. The molecule has 8 heteroatoms. The van der Waals surface area contributed by atoms with E-state index in [0.717, 1.165) is 32.1 Å². The average Bonchev–Trinajstić information content (AvgIpc) is 2.94. The standard InChI is InChI=1S/C36H65NO7/c1-34(2,3)43-32(40)36(33(41)44-35(4,5)6)26-28-37(29-27-36)30(38)24-22-20-18-16-14-12-10-8-9-11-13-15-17-19-21-23-25-31(39)42-7/h8-29H2,1-7H3.